The SMILES string of the molecule is CC(=O)c1cnc(-n2[nH]cc(-c3ccc(C#N)cc3)c2=O)cc1C. The minimum absolute atomic E-state index is 0.0661. The van der Waals surface area contributed by atoms with Crippen LogP contribution in [0.3, 0.4) is 0 Å². The van der Waals surface area contributed by atoms with Crippen LogP contribution in [0.5, 0.6) is 0 Å². The van der Waals surface area contributed by atoms with Crippen LogP contribution in [-0.2, 0) is 0 Å². The van der Waals surface area contributed by atoms with Gasteiger partial charge in [0.25, 0.3) is 5.56 Å². The van der Waals surface area contributed by atoms with Gasteiger partial charge in [0.15, 0.2) is 11.6 Å². The number of hydrogen-bond donors (Lipinski definition) is 1. The highest BCUT2D eigenvalue weighted by Crippen LogP contribution is 2.17. The molecule has 3 aromatic rings. The molecule has 24 heavy (non-hydrogen) atoms. The van der Waals surface area contributed by atoms with E-state index in [2.05, 4.69) is 10.1 Å². The molecule has 0 fully saturated rings. The van der Waals surface area contributed by atoms with Gasteiger partial charge in [-0.05, 0) is 43.2 Å². The van der Waals surface area contributed by atoms with Crippen LogP contribution in [0.4, 0.5) is 0 Å². The van der Waals surface area contributed by atoms with Crippen molar-refractivity contribution in [1.82, 2.24) is 14.8 Å². The van der Waals surface area contributed by atoms with Crippen LogP contribution in [0, 0.1) is 18.3 Å². The lowest BCUT2D eigenvalue weighted by Crippen LogP contribution is -2.17. The second-order valence-corrected chi connectivity index (χ2v) is 5.43. The number of hydrogen-bond acceptors (Lipinski definition) is 4. The molecule has 0 aliphatic rings. The summed E-state index contributed by atoms with van der Waals surface area (Å²) in [5.41, 5.74) is 2.77. The van der Waals surface area contributed by atoms with E-state index in [1.807, 2.05) is 6.07 Å². The van der Waals surface area contributed by atoms with E-state index >= 15 is 0 Å². The van der Waals surface area contributed by atoms with Gasteiger partial charge in [0.1, 0.15) is 0 Å². The Morgan fingerprint density at radius 1 is 1.29 bits per heavy atom. The van der Waals surface area contributed by atoms with Crippen LogP contribution < -0.4 is 5.56 Å². The first-order valence-electron chi connectivity index (χ1n) is 7.30. The summed E-state index contributed by atoms with van der Waals surface area (Å²) in [7, 11) is 0. The number of aromatic nitrogens is 3. The van der Waals surface area contributed by atoms with Gasteiger partial charge in [-0.3, -0.25) is 14.7 Å². The number of benzene rings is 1. The number of Topliss-reactive ketones (excluding diaryl/α,β-unsaturated/α-hetero) is 1. The Balaban J connectivity index is 2.04. The Kier molecular flexibility index (Phi) is 3.84. The highest BCUT2D eigenvalue weighted by Gasteiger charge is 2.13. The number of H-pyrrole nitrogens is 1. The summed E-state index contributed by atoms with van der Waals surface area (Å²) in [6, 6.07) is 10.5. The lowest BCUT2D eigenvalue weighted by molar-refractivity contribution is 0.101. The van der Waals surface area contributed by atoms with E-state index < -0.39 is 0 Å². The number of nitriles is 1. The van der Waals surface area contributed by atoms with Gasteiger partial charge in [0.05, 0.1) is 17.2 Å². The van der Waals surface area contributed by atoms with Gasteiger partial charge < -0.3 is 0 Å². The molecule has 6 heteroatoms. The molecule has 0 aliphatic heterocycles. The van der Waals surface area contributed by atoms with E-state index in [0.29, 0.717) is 28.1 Å². The quantitative estimate of drug-likeness (QED) is 0.751. The third-order valence-electron chi connectivity index (χ3n) is 3.80. The Labute approximate surface area is 138 Å². The number of ketones is 1. The third-order valence-corrected chi connectivity index (χ3v) is 3.80. The zero-order valence-corrected chi connectivity index (χ0v) is 13.2. The summed E-state index contributed by atoms with van der Waals surface area (Å²) in [5.74, 6) is 0.353. The predicted molar refractivity (Wildman–Crippen MR) is 89.1 cm³/mol. The molecule has 118 valence electrons. The zero-order valence-electron chi connectivity index (χ0n) is 13.2. The lowest BCUT2D eigenvalue weighted by Gasteiger charge is -2.05. The second kappa shape index (κ2) is 5.97. The van der Waals surface area contributed by atoms with Crippen LogP contribution in [0.1, 0.15) is 28.4 Å². The van der Waals surface area contributed by atoms with Crippen molar-refractivity contribution in [3.63, 3.8) is 0 Å². The number of pyridine rings is 1. The molecule has 0 spiro atoms. The molecule has 0 aliphatic carbocycles. The Bertz CT molecular complexity index is 1020. The number of nitrogens with zero attached hydrogens (tertiary/aromatic N) is 3. The standard InChI is InChI=1S/C18H14N4O2/c1-11-7-17(20-9-15(11)12(2)23)22-18(24)16(10-21-22)14-5-3-13(8-19)4-6-14/h3-7,9-10,21H,1-2H3. The van der Waals surface area contributed by atoms with Crippen LogP contribution in [0.15, 0.2) is 47.5 Å². The molecular weight excluding hydrogens is 304 g/mol. The largest absolute Gasteiger partial charge is 0.296 e. The Morgan fingerprint density at radius 2 is 2.00 bits per heavy atom. The van der Waals surface area contributed by atoms with Gasteiger partial charge in [-0.25, -0.2) is 9.67 Å². The molecule has 0 atom stereocenters. The van der Waals surface area contributed by atoms with Crippen LogP contribution >= 0.6 is 0 Å². The van der Waals surface area contributed by atoms with Gasteiger partial charge in [0, 0.05) is 18.0 Å². The molecule has 0 bridgehead atoms. The fourth-order valence-corrected chi connectivity index (χ4v) is 2.50. The number of nitrogens with one attached hydrogen (secondary N) is 1. The van der Waals surface area contributed by atoms with Crippen LogP contribution in [-0.4, -0.2) is 20.5 Å². The van der Waals surface area contributed by atoms with Crippen molar-refractivity contribution < 1.29 is 4.79 Å². The lowest BCUT2D eigenvalue weighted by atomic mass is 10.1. The molecular formula is C18H14N4O2. The highest BCUT2D eigenvalue weighted by atomic mass is 16.1. The molecule has 2 heterocycles. The number of rotatable bonds is 3. The number of aryl methyl sites for hydroxylation is 1. The second-order valence-electron chi connectivity index (χ2n) is 5.43. The Morgan fingerprint density at radius 3 is 2.58 bits per heavy atom. The normalized spacial score (nSPS) is 10.4. The van der Waals surface area contributed by atoms with Crippen LogP contribution in [0.2, 0.25) is 0 Å². The molecule has 0 saturated carbocycles. The van der Waals surface area contributed by atoms with E-state index in [9.17, 15) is 9.59 Å². The minimum Gasteiger partial charge on any atom is -0.296 e. The van der Waals surface area contributed by atoms with Crippen molar-refractivity contribution in [3.05, 3.63) is 69.8 Å². The number of carbonyl (C=O) groups excluding carboxylic acids is 1. The summed E-state index contributed by atoms with van der Waals surface area (Å²) in [6.07, 6.45) is 3.07. The van der Waals surface area contributed by atoms with Crippen molar-refractivity contribution in [2.24, 2.45) is 0 Å². The first-order chi connectivity index (χ1) is 11.5. The third kappa shape index (κ3) is 2.63. The maximum Gasteiger partial charge on any atom is 0.280 e. The van der Waals surface area contributed by atoms with Crippen molar-refractivity contribution in [3.8, 4) is 23.0 Å². The molecule has 0 radical (unpaired) electrons. The molecule has 1 aromatic carbocycles. The molecule has 0 amide bonds. The van der Waals surface area contributed by atoms with E-state index in [-0.39, 0.29) is 11.3 Å². The van der Waals surface area contributed by atoms with Crippen molar-refractivity contribution >= 4 is 5.78 Å². The van der Waals surface area contributed by atoms with Crippen molar-refractivity contribution in [2.75, 3.05) is 0 Å². The molecule has 2 aromatic heterocycles. The average Bonchev–Trinajstić information content (AvgIpc) is 2.96. The molecule has 3 rings (SSSR count). The van der Waals surface area contributed by atoms with E-state index in [0.717, 1.165) is 5.56 Å². The summed E-state index contributed by atoms with van der Waals surface area (Å²) in [4.78, 5) is 28.3. The van der Waals surface area contributed by atoms with Gasteiger partial charge >= 0.3 is 0 Å². The highest BCUT2D eigenvalue weighted by molar-refractivity contribution is 5.95. The van der Waals surface area contributed by atoms with Crippen molar-refractivity contribution in [2.45, 2.75) is 13.8 Å². The first kappa shape index (κ1) is 15.4. The monoisotopic (exact) mass is 318 g/mol. The summed E-state index contributed by atoms with van der Waals surface area (Å²) < 4.78 is 1.32. The van der Waals surface area contributed by atoms with Gasteiger partial charge in [-0.1, -0.05) is 12.1 Å². The van der Waals surface area contributed by atoms with E-state index in [1.165, 1.54) is 17.8 Å². The minimum atomic E-state index is -0.248. The number of carbonyl (C=O) groups is 1. The molecule has 0 unspecified atom stereocenters. The molecule has 6 nitrogen and oxygen atoms in total. The van der Waals surface area contributed by atoms with Gasteiger partial charge in [0.2, 0.25) is 0 Å². The fourth-order valence-electron chi connectivity index (χ4n) is 2.50. The number of aromatic amines is 1. The fraction of sp³-hybridized carbons (Fsp3) is 0.111. The first-order valence-corrected chi connectivity index (χ1v) is 7.30. The summed E-state index contributed by atoms with van der Waals surface area (Å²) >= 11 is 0. The Hall–Kier alpha value is -3.46. The maximum atomic E-state index is 12.6. The molecule has 0 saturated heterocycles. The van der Waals surface area contributed by atoms with Gasteiger partial charge in [-0.15, -0.1) is 0 Å². The smallest absolute Gasteiger partial charge is 0.280 e. The molecule has 1 N–H and O–H groups in total. The zero-order chi connectivity index (χ0) is 17.3. The van der Waals surface area contributed by atoms with E-state index in [1.54, 1.807) is 43.5 Å². The van der Waals surface area contributed by atoms with E-state index in [4.69, 9.17) is 5.26 Å². The maximum absolute atomic E-state index is 12.6. The topological polar surface area (TPSA) is 91.5 Å². The summed E-state index contributed by atoms with van der Waals surface area (Å²) in [6.45, 7) is 3.28. The van der Waals surface area contributed by atoms with Crippen molar-refractivity contribution in [1.29, 1.82) is 5.26 Å². The van der Waals surface area contributed by atoms with Gasteiger partial charge in [-0.2, -0.15) is 5.26 Å². The average molecular weight is 318 g/mol. The van der Waals surface area contributed by atoms with Crippen LogP contribution in [0.25, 0.3) is 16.9 Å². The summed E-state index contributed by atoms with van der Waals surface area (Å²) in [5, 5.41) is 11.7. The predicted octanol–water partition coefficient (Wildman–Crippen LogP) is 2.61.